The molecule has 0 aliphatic carbocycles. The van der Waals surface area contributed by atoms with Gasteiger partial charge in [-0.3, -0.25) is 9.69 Å². The zero-order valence-corrected chi connectivity index (χ0v) is 13.9. The summed E-state index contributed by atoms with van der Waals surface area (Å²) in [6.45, 7) is 6.76. The van der Waals surface area contributed by atoms with Crippen LogP contribution in [0.4, 0.5) is 0 Å². The maximum absolute atomic E-state index is 12.5. The van der Waals surface area contributed by atoms with E-state index in [9.17, 15) is 4.79 Å². The molecule has 0 spiro atoms. The van der Waals surface area contributed by atoms with Crippen LogP contribution in [0.3, 0.4) is 0 Å². The quantitative estimate of drug-likeness (QED) is 0.763. The van der Waals surface area contributed by atoms with Gasteiger partial charge < -0.3 is 0 Å². The van der Waals surface area contributed by atoms with E-state index >= 15 is 0 Å². The molecule has 0 bridgehead atoms. The third kappa shape index (κ3) is 3.99. The molecule has 1 heterocycles. The predicted molar refractivity (Wildman–Crippen MR) is 87.9 cm³/mol. The van der Waals surface area contributed by atoms with Gasteiger partial charge in [0.05, 0.1) is 16.7 Å². The number of rotatable bonds is 6. The van der Waals surface area contributed by atoms with Crippen molar-refractivity contribution in [2.45, 2.75) is 39.8 Å². The number of thiazole rings is 1. The van der Waals surface area contributed by atoms with Gasteiger partial charge in [0, 0.05) is 17.5 Å². The number of nitrogens with zero attached hydrogens (tertiary/aromatic N) is 2. The van der Waals surface area contributed by atoms with E-state index in [-0.39, 0.29) is 11.8 Å². The molecule has 2 rings (SSSR count). The molecular weight excluding hydrogens is 280 g/mol. The molecule has 0 radical (unpaired) electrons. The highest BCUT2D eigenvalue weighted by Gasteiger charge is 2.20. The molecule has 0 aliphatic heterocycles. The van der Waals surface area contributed by atoms with Gasteiger partial charge in [0.2, 0.25) is 0 Å². The molecule has 21 heavy (non-hydrogen) atoms. The first-order chi connectivity index (χ1) is 10.0. The van der Waals surface area contributed by atoms with Crippen LogP contribution in [0.1, 0.15) is 40.5 Å². The van der Waals surface area contributed by atoms with Crippen molar-refractivity contribution < 1.29 is 4.79 Å². The molecule has 1 unspecified atom stereocenters. The van der Waals surface area contributed by atoms with Gasteiger partial charge in [-0.2, -0.15) is 0 Å². The molecule has 1 aromatic carbocycles. The molecule has 0 fully saturated rings. The minimum atomic E-state index is -0.153. The third-order valence-corrected chi connectivity index (χ3v) is 4.59. The molecule has 0 N–H and O–H groups in total. The zero-order valence-electron chi connectivity index (χ0n) is 13.1. The van der Waals surface area contributed by atoms with Crippen molar-refractivity contribution >= 4 is 17.1 Å². The summed E-state index contributed by atoms with van der Waals surface area (Å²) in [4.78, 5) is 19.0. The van der Waals surface area contributed by atoms with Crippen molar-refractivity contribution in [2.24, 2.45) is 0 Å². The fourth-order valence-electron chi connectivity index (χ4n) is 2.22. The maximum atomic E-state index is 12.5. The van der Waals surface area contributed by atoms with E-state index in [2.05, 4.69) is 17.3 Å². The first-order valence-electron chi connectivity index (χ1n) is 7.25. The number of ketones is 1. The summed E-state index contributed by atoms with van der Waals surface area (Å²) in [5, 5.41) is 3.12. The summed E-state index contributed by atoms with van der Waals surface area (Å²) in [7, 11) is 1.97. The Balaban J connectivity index is 2.03. The molecule has 0 amide bonds. The number of likely N-dealkylation sites (N-methyl/N-ethyl adjacent to an activating group) is 1. The highest BCUT2D eigenvalue weighted by molar-refractivity contribution is 7.09. The van der Waals surface area contributed by atoms with Crippen LogP contribution < -0.4 is 0 Å². The largest absolute Gasteiger partial charge is 0.292 e. The van der Waals surface area contributed by atoms with Crippen LogP contribution in [0.5, 0.6) is 0 Å². The van der Waals surface area contributed by atoms with E-state index in [1.165, 1.54) is 5.56 Å². The second kappa shape index (κ2) is 6.96. The minimum absolute atomic E-state index is 0.153. The van der Waals surface area contributed by atoms with E-state index in [0.717, 1.165) is 22.7 Å². The zero-order chi connectivity index (χ0) is 15.4. The Kier molecular flexibility index (Phi) is 5.26. The van der Waals surface area contributed by atoms with Gasteiger partial charge in [-0.25, -0.2) is 4.98 Å². The Morgan fingerprint density at radius 1 is 1.33 bits per heavy atom. The summed E-state index contributed by atoms with van der Waals surface area (Å²) < 4.78 is 0. The molecule has 3 nitrogen and oxygen atoms in total. The second-order valence-corrected chi connectivity index (χ2v) is 6.43. The number of hydrogen-bond acceptors (Lipinski definition) is 4. The van der Waals surface area contributed by atoms with E-state index in [1.54, 1.807) is 11.3 Å². The fraction of sp³-hybridized carbons (Fsp3) is 0.412. The SMILES string of the molecule is CCc1ccc(C(=O)C(C)N(C)Cc2csc(C)n2)cc1. The summed E-state index contributed by atoms with van der Waals surface area (Å²) in [5.41, 5.74) is 3.06. The van der Waals surface area contributed by atoms with Crippen LogP contribution in [0.25, 0.3) is 0 Å². The summed E-state index contributed by atoms with van der Waals surface area (Å²) in [6.07, 6.45) is 0.993. The Bertz CT molecular complexity index is 604. The van der Waals surface area contributed by atoms with Gasteiger partial charge in [-0.15, -0.1) is 11.3 Å². The summed E-state index contributed by atoms with van der Waals surface area (Å²) in [6, 6.07) is 7.77. The molecule has 1 aromatic heterocycles. The van der Waals surface area contributed by atoms with Crippen LogP contribution >= 0.6 is 11.3 Å². The van der Waals surface area contributed by atoms with Gasteiger partial charge in [-0.1, -0.05) is 31.2 Å². The van der Waals surface area contributed by atoms with Gasteiger partial charge in [0.25, 0.3) is 0 Å². The number of aromatic nitrogens is 1. The number of carbonyl (C=O) groups excluding carboxylic acids is 1. The van der Waals surface area contributed by atoms with Crippen molar-refractivity contribution in [2.75, 3.05) is 7.05 Å². The molecule has 2 aromatic rings. The first kappa shape index (κ1) is 15.9. The number of aryl methyl sites for hydroxylation is 2. The fourth-order valence-corrected chi connectivity index (χ4v) is 2.82. The molecule has 112 valence electrons. The Labute approximate surface area is 130 Å². The third-order valence-electron chi connectivity index (χ3n) is 3.77. The summed E-state index contributed by atoms with van der Waals surface area (Å²) >= 11 is 1.64. The number of benzene rings is 1. The molecule has 1 atom stereocenters. The monoisotopic (exact) mass is 302 g/mol. The smallest absolute Gasteiger partial charge is 0.179 e. The molecular formula is C17H22N2OS. The lowest BCUT2D eigenvalue weighted by Crippen LogP contribution is -2.35. The van der Waals surface area contributed by atoms with Crippen molar-refractivity contribution in [1.29, 1.82) is 0 Å². The van der Waals surface area contributed by atoms with Gasteiger partial charge in [0.15, 0.2) is 5.78 Å². The average molecular weight is 302 g/mol. The molecule has 0 saturated carbocycles. The van der Waals surface area contributed by atoms with Crippen LogP contribution in [-0.4, -0.2) is 28.8 Å². The predicted octanol–water partition coefficient (Wildman–Crippen LogP) is 3.72. The minimum Gasteiger partial charge on any atom is -0.292 e. The van der Waals surface area contributed by atoms with Gasteiger partial charge in [0.1, 0.15) is 0 Å². The number of hydrogen-bond donors (Lipinski definition) is 0. The van der Waals surface area contributed by atoms with Gasteiger partial charge >= 0.3 is 0 Å². The Morgan fingerprint density at radius 3 is 2.52 bits per heavy atom. The van der Waals surface area contributed by atoms with Crippen LogP contribution in [0.15, 0.2) is 29.6 Å². The van der Waals surface area contributed by atoms with Crippen LogP contribution in [-0.2, 0) is 13.0 Å². The molecule has 0 aliphatic rings. The Hall–Kier alpha value is -1.52. The van der Waals surface area contributed by atoms with E-state index in [1.807, 2.05) is 50.1 Å². The van der Waals surface area contributed by atoms with Crippen molar-refractivity contribution in [3.8, 4) is 0 Å². The van der Waals surface area contributed by atoms with E-state index < -0.39 is 0 Å². The molecule has 4 heteroatoms. The van der Waals surface area contributed by atoms with E-state index in [4.69, 9.17) is 0 Å². The van der Waals surface area contributed by atoms with Crippen LogP contribution in [0, 0.1) is 6.92 Å². The van der Waals surface area contributed by atoms with E-state index in [0.29, 0.717) is 6.54 Å². The Morgan fingerprint density at radius 2 is 2.00 bits per heavy atom. The van der Waals surface area contributed by atoms with Crippen molar-refractivity contribution in [3.63, 3.8) is 0 Å². The number of Topliss-reactive ketones (excluding diaryl/α,β-unsaturated/α-hetero) is 1. The highest BCUT2D eigenvalue weighted by Crippen LogP contribution is 2.14. The normalized spacial score (nSPS) is 12.6. The number of carbonyl (C=O) groups is 1. The lowest BCUT2D eigenvalue weighted by Gasteiger charge is -2.22. The van der Waals surface area contributed by atoms with Crippen molar-refractivity contribution in [1.82, 2.24) is 9.88 Å². The topological polar surface area (TPSA) is 33.2 Å². The van der Waals surface area contributed by atoms with Gasteiger partial charge in [-0.05, 0) is 32.9 Å². The standard InChI is InChI=1S/C17H22N2OS/c1-5-14-6-8-15(9-7-14)17(20)12(2)19(4)10-16-11-21-13(3)18-16/h6-9,11-12H,5,10H2,1-4H3. The highest BCUT2D eigenvalue weighted by atomic mass is 32.1. The van der Waals surface area contributed by atoms with Crippen LogP contribution in [0.2, 0.25) is 0 Å². The lowest BCUT2D eigenvalue weighted by molar-refractivity contribution is 0.0861. The summed E-state index contributed by atoms with van der Waals surface area (Å²) in [5.74, 6) is 0.159. The average Bonchev–Trinajstić information content (AvgIpc) is 2.90. The van der Waals surface area contributed by atoms with Crippen molar-refractivity contribution in [3.05, 3.63) is 51.5 Å². The first-order valence-corrected chi connectivity index (χ1v) is 8.13. The lowest BCUT2D eigenvalue weighted by atomic mass is 10.0. The second-order valence-electron chi connectivity index (χ2n) is 5.36. The maximum Gasteiger partial charge on any atom is 0.179 e. The molecule has 0 saturated heterocycles.